The minimum absolute atomic E-state index is 0.999. The average molecular weight is 265 g/mol. The zero-order valence-corrected chi connectivity index (χ0v) is 10.9. The van der Waals surface area contributed by atoms with Crippen molar-refractivity contribution in [2.24, 2.45) is 0 Å². The van der Waals surface area contributed by atoms with Crippen molar-refractivity contribution in [2.75, 3.05) is 0 Å². The third-order valence-electron chi connectivity index (χ3n) is 2.70. The van der Waals surface area contributed by atoms with E-state index in [0.717, 1.165) is 21.8 Å². The van der Waals surface area contributed by atoms with Crippen molar-refractivity contribution in [1.82, 2.24) is 15.0 Å². The predicted molar refractivity (Wildman–Crippen MR) is 79.2 cm³/mol. The number of fused-ring (bicyclic) bond motifs is 3. The Bertz CT molecular complexity index is 710. The van der Waals surface area contributed by atoms with Gasteiger partial charge in [-0.1, -0.05) is 12.1 Å². The zero-order valence-electron chi connectivity index (χ0n) is 10.1. The molecule has 0 unspecified atom stereocenters. The van der Waals surface area contributed by atoms with E-state index in [0.29, 0.717) is 0 Å². The van der Waals surface area contributed by atoms with Crippen LogP contribution in [-0.4, -0.2) is 15.0 Å². The third-order valence-corrected chi connectivity index (χ3v) is 3.22. The van der Waals surface area contributed by atoms with Crippen LogP contribution in [0.5, 0.6) is 0 Å². The maximum atomic E-state index is 4.37. The fraction of sp³-hybridized carbons (Fsp3) is 0. The summed E-state index contributed by atoms with van der Waals surface area (Å²) in [7, 11) is 0. The van der Waals surface area contributed by atoms with Gasteiger partial charge in [0.2, 0.25) is 0 Å². The Balaban J connectivity index is 0.000000187. The number of pyridine rings is 2. The Morgan fingerprint density at radius 2 is 1.74 bits per heavy atom. The highest BCUT2D eigenvalue weighted by molar-refractivity contribution is 7.07. The second kappa shape index (κ2) is 5.54. The van der Waals surface area contributed by atoms with Crippen LogP contribution in [0.15, 0.2) is 65.9 Å². The number of thiazole rings is 1. The van der Waals surface area contributed by atoms with Crippen molar-refractivity contribution in [2.45, 2.75) is 0 Å². The Labute approximate surface area is 114 Å². The number of hydrogen-bond acceptors (Lipinski definition) is 4. The number of nitrogens with zero attached hydrogens (tertiary/aromatic N) is 3. The number of aromatic nitrogens is 3. The summed E-state index contributed by atoms with van der Waals surface area (Å²) >= 11 is 1.60. The van der Waals surface area contributed by atoms with Crippen LogP contribution in [0.2, 0.25) is 0 Å². The van der Waals surface area contributed by atoms with Crippen LogP contribution >= 0.6 is 11.3 Å². The minimum Gasteiger partial charge on any atom is -0.256 e. The molecule has 3 aromatic heterocycles. The van der Waals surface area contributed by atoms with Crippen LogP contribution in [0, 0.1) is 0 Å². The van der Waals surface area contributed by atoms with Crippen molar-refractivity contribution >= 4 is 33.1 Å². The largest absolute Gasteiger partial charge is 0.256 e. The van der Waals surface area contributed by atoms with Crippen molar-refractivity contribution in [3.8, 4) is 0 Å². The first-order valence-electron chi connectivity index (χ1n) is 5.86. The third kappa shape index (κ3) is 2.58. The molecule has 0 bridgehead atoms. The molecule has 92 valence electrons. The first-order chi connectivity index (χ1) is 9.45. The highest BCUT2D eigenvalue weighted by Crippen LogP contribution is 2.20. The van der Waals surface area contributed by atoms with E-state index in [9.17, 15) is 0 Å². The van der Waals surface area contributed by atoms with E-state index in [1.165, 1.54) is 0 Å². The van der Waals surface area contributed by atoms with Crippen LogP contribution in [0.25, 0.3) is 21.8 Å². The molecule has 1 aromatic carbocycles. The summed E-state index contributed by atoms with van der Waals surface area (Å²) in [5, 5.41) is 4.21. The Hall–Kier alpha value is -2.33. The lowest BCUT2D eigenvalue weighted by Crippen LogP contribution is -1.82. The monoisotopic (exact) mass is 265 g/mol. The Morgan fingerprint density at radius 3 is 2.53 bits per heavy atom. The van der Waals surface area contributed by atoms with E-state index in [2.05, 4.69) is 33.2 Å². The standard InChI is InChI=1S/C12H8N2.C3H3NS/c1-3-9-5-6-11-10(4-2-7-13-11)12(9)14-8-1;1-2-5-3-4-1/h1-8H;1-3H. The first-order valence-corrected chi connectivity index (χ1v) is 6.80. The number of benzene rings is 1. The molecule has 4 aromatic rings. The van der Waals surface area contributed by atoms with Crippen molar-refractivity contribution < 1.29 is 0 Å². The summed E-state index contributed by atoms with van der Waals surface area (Å²) < 4.78 is 0. The van der Waals surface area contributed by atoms with Gasteiger partial charge < -0.3 is 0 Å². The van der Waals surface area contributed by atoms with E-state index in [4.69, 9.17) is 0 Å². The molecule has 0 aliphatic heterocycles. The van der Waals surface area contributed by atoms with E-state index in [-0.39, 0.29) is 0 Å². The average Bonchev–Trinajstić information content (AvgIpc) is 3.07. The van der Waals surface area contributed by atoms with Gasteiger partial charge in [0.15, 0.2) is 0 Å². The molecule has 0 fully saturated rings. The molecule has 0 amide bonds. The van der Waals surface area contributed by atoms with Gasteiger partial charge in [-0.05, 0) is 24.3 Å². The number of rotatable bonds is 0. The van der Waals surface area contributed by atoms with Gasteiger partial charge in [-0.2, -0.15) is 0 Å². The lowest BCUT2D eigenvalue weighted by molar-refractivity contribution is 1.39. The molecular weight excluding hydrogens is 254 g/mol. The van der Waals surface area contributed by atoms with Gasteiger partial charge in [0, 0.05) is 34.7 Å². The molecule has 0 saturated heterocycles. The second-order valence-corrected chi connectivity index (χ2v) is 4.64. The molecule has 4 heteroatoms. The van der Waals surface area contributed by atoms with E-state index >= 15 is 0 Å². The SMILES string of the molecule is c1cnc2c(c1)ccc1ncccc12.c1cscn1. The van der Waals surface area contributed by atoms with Gasteiger partial charge in [-0.25, -0.2) is 0 Å². The summed E-state index contributed by atoms with van der Waals surface area (Å²) in [6.45, 7) is 0. The van der Waals surface area contributed by atoms with E-state index in [1.807, 2.05) is 29.8 Å². The molecule has 0 spiro atoms. The highest BCUT2D eigenvalue weighted by atomic mass is 32.1. The van der Waals surface area contributed by atoms with Gasteiger partial charge >= 0.3 is 0 Å². The lowest BCUT2D eigenvalue weighted by Gasteiger charge is -2.00. The normalized spacial score (nSPS) is 10.1. The van der Waals surface area contributed by atoms with Crippen molar-refractivity contribution in [1.29, 1.82) is 0 Å². The quantitative estimate of drug-likeness (QED) is 0.452. The Kier molecular flexibility index (Phi) is 3.42. The molecule has 0 saturated carbocycles. The van der Waals surface area contributed by atoms with Crippen LogP contribution in [0.3, 0.4) is 0 Å². The fourth-order valence-corrected chi connectivity index (χ4v) is 2.22. The lowest BCUT2D eigenvalue weighted by atomic mass is 10.1. The minimum atomic E-state index is 0.999. The predicted octanol–water partition coefficient (Wildman–Crippen LogP) is 3.93. The van der Waals surface area contributed by atoms with Gasteiger partial charge in [-0.3, -0.25) is 15.0 Å². The van der Waals surface area contributed by atoms with Gasteiger partial charge in [0.1, 0.15) is 0 Å². The van der Waals surface area contributed by atoms with Crippen LogP contribution < -0.4 is 0 Å². The molecular formula is C15H11N3S. The summed E-state index contributed by atoms with van der Waals surface area (Å²) in [4.78, 5) is 12.4. The fourth-order valence-electron chi connectivity index (χ4n) is 1.87. The summed E-state index contributed by atoms with van der Waals surface area (Å²) in [6, 6.07) is 12.1. The maximum Gasteiger partial charge on any atom is 0.0795 e. The molecule has 3 nitrogen and oxygen atoms in total. The van der Waals surface area contributed by atoms with Crippen molar-refractivity contribution in [3.63, 3.8) is 0 Å². The van der Waals surface area contributed by atoms with E-state index in [1.54, 1.807) is 29.2 Å². The van der Waals surface area contributed by atoms with Crippen molar-refractivity contribution in [3.05, 3.63) is 65.9 Å². The molecule has 19 heavy (non-hydrogen) atoms. The second-order valence-electron chi connectivity index (χ2n) is 3.89. The van der Waals surface area contributed by atoms with E-state index < -0.39 is 0 Å². The molecule has 0 aliphatic carbocycles. The molecule has 0 atom stereocenters. The first kappa shape index (κ1) is 11.7. The van der Waals surface area contributed by atoms with Gasteiger partial charge in [0.25, 0.3) is 0 Å². The van der Waals surface area contributed by atoms with Gasteiger partial charge in [-0.15, -0.1) is 11.3 Å². The van der Waals surface area contributed by atoms with Crippen LogP contribution in [-0.2, 0) is 0 Å². The topological polar surface area (TPSA) is 38.7 Å². The van der Waals surface area contributed by atoms with Gasteiger partial charge in [0.05, 0.1) is 16.5 Å². The van der Waals surface area contributed by atoms with Crippen LogP contribution in [0.4, 0.5) is 0 Å². The highest BCUT2D eigenvalue weighted by Gasteiger charge is 1.99. The maximum absolute atomic E-state index is 4.37. The summed E-state index contributed by atoms with van der Waals surface area (Å²) in [5.74, 6) is 0. The number of hydrogen-bond donors (Lipinski definition) is 0. The zero-order chi connectivity index (χ0) is 12.9. The summed E-state index contributed by atoms with van der Waals surface area (Å²) in [5.41, 5.74) is 3.82. The summed E-state index contributed by atoms with van der Waals surface area (Å²) in [6.07, 6.45) is 5.39. The van der Waals surface area contributed by atoms with Crippen LogP contribution in [0.1, 0.15) is 0 Å². The molecule has 0 radical (unpaired) electrons. The Morgan fingerprint density at radius 1 is 0.842 bits per heavy atom. The molecule has 3 heterocycles. The smallest absolute Gasteiger partial charge is 0.0795 e. The molecule has 4 rings (SSSR count). The molecule has 0 N–H and O–H groups in total. The molecule has 0 aliphatic rings.